The summed E-state index contributed by atoms with van der Waals surface area (Å²) < 4.78 is 25.6. The molecule has 0 aliphatic heterocycles. The number of ether oxygens (including phenoxy) is 1. The summed E-state index contributed by atoms with van der Waals surface area (Å²) in [4.78, 5) is 27.0. The van der Waals surface area contributed by atoms with Gasteiger partial charge in [0.2, 0.25) is 0 Å². The maximum atomic E-state index is 13.7. The van der Waals surface area contributed by atoms with Crippen molar-refractivity contribution >= 4 is 45.2 Å². The molecular weight excluding hydrogens is 493 g/mol. The fourth-order valence-electron chi connectivity index (χ4n) is 3.86. The third kappa shape index (κ3) is 4.26. The predicted molar refractivity (Wildman–Crippen MR) is 134 cm³/mol. The number of pyridine rings is 1. The minimum atomic E-state index is -0.783. The average Bonchev–Trinajstić information content (AvgIpc) is 2.85. The molecule has 35 heavy (non-hydrogen) atoms. The fourth-order valence-corrected chi connectivity index (χ4v) is 4.91. The van der Waals surface area contributed by atoms with Crippen molar-refractivity contribution in [3.63, 3.8) is 0 Å². The first-order chi connectivity index (χ1) is 16.9. The van der Waals surface area contributed by atoms with E-state index in [0.717, 1.165) is 11.8 Å². The first-order valence-electron chi connectivity index (χ1n) is 10.4. The minimum Gasteiger partial charge on any atom is -0.505 e. The number of halogens is 2. The number of hydrogen-bond donors (Lipinski definition) is 1. The van der Waals surface area contributed by atoms with Gasteiger partial charge in [-0.2, -0.15) is 0 Å². The number of hydrogen-bond acceptors (Lipinski definition) is 6. The van der Waals surface area contributed by atoms with E-state index in [9.17, 15) is 19.1 Å². The second-order valence-electron chi connectivity index (χ2n) is 7.73. The van der Waals surface area contributed by atoms with Gasteiger partial charge in [-0.05, 0) is 54.1 Å². The van der Waals surface area contributed by atoms with Crippen molar-refractivity contribution in [1.29, 1.82) is 0 Å². The zero-order valence-electron chi connectivity index (χ0n) is 18.2. The molecule has 0 atom stereocenters. The summed E-state index contributed by atoms with van der Waals surface area (Å²) in [5.74, 6) is -0.297. The summed E-state index contributed by atoms with van der Waals surface area (Å²) >= 11 is 7.17. The number of fused-ring (bicyclic) bond motifs is 3. The van der Waals surface area contributed by atoms with E-state index in [1.807, 2.05) is 0 Å². The Labute approximate surface area is 207 Å². The van der Waals surface area contributed by atoms with Gasteiger partial charge in [-0.15, -0.1) is 0 Å². The van der Waals surface area contributed by atoms with Gasteiger partial charge in [0.1, 0.15) is 21.8 Å². The highest BCUT2D eigenvalue weighted by atomic mass is 35.5. The van der Waals surface area contributed by atoms with Crippen LogP contribution in [0.5, 0.6) is 11.5 Å². The fraction of sp³-hybridized carbons (Fsp3) is 0.0769. The lowest BCUT2D eigenvalue weighted by Gasteiger charge is -2.14. The van der Waals surface area contributed by atoms with Crippen LogP contribution in [0.3, 0.4) is 0 Å². The highest BCUT2D eigenvalue weighted by Gasteiger charge is 2.22. The van der Waals surface area contributed by atoms with Crippen LogP contribution in [-0.4, -0.2) is 16.8 Å². The lowest BCUT2D eigenvalue weighted by Crippen LogP contribution is -2.23. The molecule has 0 fully saturated rings. The van der Waals surface area contributed by atoms with Gasteiger partial charge in [0.25, 0.3) is 5.56 Å². The van der Waals surface area contributed by atoms with Crippen molar-refractivity contribution in [2.75, 3.05) is 7.11 Å². The van der Waals surface area contributed by atoms with Crippen LogP contribution >= 0.6 is 23.4 Å². The SMILES string of the molecule is COc1cccc(Sc2c(O)c3c(=O)n(Cc4ccc(F)cc4)c4cc(Cl)ccc4c3oc2=O)c1. The number of benzene rings is 3. The highest BCUT2D eigenvalue weighted by molar-refractivity contribution is 7.99. The quantitative estimate of drug-likeness (QED) is 0.301. The molecule has 1 N–H and O–H groups in total. The van der Waals surface area contributed by atoms with Gasteiger partial charge in [0.05, 0.1) is 19.2 Å². The molecule has 9 heteroatoms. The normalized spacial score (nSPS) is 11.3. The van der Waals surface area contributed by atoms with Crippen LogP contribution < -0.4 is 15.9 Å². The van der Waals surface area contributed by atoms with Gasteiger partial charge in [-0.3, -0.25) is 4.79 Å². The molecule has 0 amide bonds. The largest absolute Gasteiger partial charge is 0.505 e. The van der Waals surface area contributed by atoms with E-state index >= 15 is 0 Å². The molecule has 0 unspecified atom stereocenters. The lowest BCUT2D eigenvalue weighted by atomic mass is 10.1. The van der Waals surface area contributed by atoms with Crippen molar-refractivity contribution in [2.45, 2.75) is 16.3 Å². The third-order valence-corrected chi connectivity index (χ3v) is 6.82. The zero-order chi connectivity index (χ0) is 24.7. The third-order valence-electron chi connectivity index (χ3n) is 5.53. The van der Waals surface area contributed by atoms with Crippen LogP contribution in [0.15, 0.2) is 90.5 Å². The summed E-state index contributed by atoms with van der Waals surface area (Å²) in [6.07, 6.45) is 0. The van der Waals surface area contributed by atoms with Crippen molar-refractivity contribution in [2.24, 2.45) is 0 Å². The van der Waals surface area contributed by atoms with E-state index in [-0.39, 0.29) is 22.4 Å². The molecule has 0 saturated heterocycles. The maximum absolute atomic E-state index is 13.7. The Hall–Kier alpha value is -3.75. The van der Waals surface area contributed by atoms with Gasteiger partial charge in [0, 0.05) is 15.3 Å². The van der Waals surface area contributed by atoms with Gasteiger partial charge >= 0.3 is 5.63 Å². The molecule has 6 nitrogen and oxygen atoms in total. The molecule has 5 aromatic rings. The molecule has 0 aliphatic rings. The van der Waals surface area contributed by atoms with Gasteiger partial charge in [0.15, 0.2) is 11.3 Å². The number of rotatable bonds is 5. The van der Waals surface area contributed by atoms with Crippen molar-refractivity contribution in [3.8, 4) is 11.5 Å². The smallest absolute Gasteiger partial charge is 0.354 e. The Morgan fingerprint density at radius 3 is 2.60 bits per heavy atom. The maximum Gasteiger partial charge on any atom is 0.354 e. The summed E-state index contributed by atoms with van der Waals surface area (Å²) in [6, 6.07) is 17.5. The van der Waals surface area contributed by atoms with Gasteiger partial charge in [-0.1, -0.05) is 41.6 Å². The van der Waals surface area contributed by atoms with Crippen molar-refractivity contribution in [3.05, 3.63) is 104 Å². The Kier molecular flexibility index (Phi) is 6.00. The van der Waals surface area contributed by atoms with E-state index in [1.165, 1.54) is 23.8 Å². The molecular formula is C26H17ClFNO5S. The van der Waals surface area contributed by atoms with Crippen LogP contribution in [-0.2, 0) is 6.54 Å². The second kappa shape index (κ2) is 9.13. The number of methoxy groups -OCH3 is 1. The van der Waals surface area contributed by atoms with E-state index in [0.29, 0.717) is 32.1 Å². The first kappa shape index (κ1) is 23.0. The molecule has 176 valence electrons. The van der Waals surface area contributed by atoms with E-state index < -0.39 is 22.8 Å². The van der Waals surface area contributed by atoms with Gasteiger partial charge < -0.3 is 18.8 Å². The molecule has 0 spiro atoms. The van der Waals surface area contributed by atoms with E-state index in [1.54, 1.807) is 54.6 Å². The Bertz CT molecular complexity index is 1710. The number of aromatic hydroxyl groups is 1. The average molecular weight is 510 g/mol. The summed E-state index contributed by atoms with van der Waals surface area (Å²) in [5.41, 5.74) is -0.316. The van der Waals surface area contributed by atoms with Crippen LogP contribution in [0, 0.1) is 5.82 Å². The van der Waals surface area contributed by atoms with Crippen LogP contribution in [0.2, 0.25) is 5.02 Å². The monoisotopic (exact) mass is 509 g/mol. The Morgan fingerprint density at radius 1 is 1.09 bits per heavy atom. The molecule has 0 radical (unpaired) electrons. The van der Waals surface area contributed by atoms with Crippen LogP contribution in [0.4, 0.5) is 4.39 Å². The second-order valence-corrected chi connectivity index (χ2v) is 9.25. The van der Waals surface area contributed by atoms with Crippen molar-refractivity contribution < 1.29 is 18.7 Å². The van der Waals surface area contributed by atoms with Crippen LogP contribution in [0.1, 0.15) is 5.56 Å². The minimum absolute atomic E-state index is 0.0329. The number of aromatic nitrogens is 1. The molecule has 5 rings (SSSR count). The Morgan fingerprint density at radius 2 is 1.86 bits per heavy atom. The summed E-state index contributed by atoms with van der Waals surface area (Å²) in [6.45, 7) is 0.0861. The van der Waals surface area contributed by atoms with E-state index in [2.05, 4.69) is 0 Å². The first-order valence-corrected chi connectivity index (χ1v) is 11.6. The summed E-state index contributed by atoms with van der Waals surface area (Å²) in [5, 5.41) is 11.8. The van der Waals surface area contributed by atoms with Crippen molar-refractivity contribution in [1.82, 2.24) is 4.57 Å². The molecule has 0 aliphatic carbocycles. The Balaban J connectivity index is 1.77. The lowest BCUT2D eigenvalue weighted by molar-refractivity contribution is 0.413. The highest BCUT2D eigenvalue weighted by Crippen LogP contribution is 2.38. The molecule has 2 heterocycles. The summed E-state index contributed by atoms with van der Waals surface area (Å²) in [7, 11) is 1.52. The number of nitrogens with zero attached hydrogens (tertiary/aromatic N) is 1. The zero-order valence-corrected chi connectivity index (χ0v) is 19.8. The predicted octanol–water partition coefficient (Wildman–Crippen LogP) is 5.81. The van der Waals surface area contributed by atoms with E-state index in [4.69, 9.17) is 20.8 Å². The topological polar surface area (TPSA) is 81.7 Å². The van der Waals surface area contributed by atoms with Gasteiger partial charge in [-0.25, -0.2) is 9.18 Å². The molecule has 3 aromatic carbocycles. The molecule has 0 saturated carbocycles. The molecule has 2 aromatic heterocycles. The van der Waals surface area contributed by atoms with Crippen LogP contribution in [0.25, 0.3) is 21.9 Å². The standard InChI is InChI=1S/C26H17ClFNO5S/c1-33-17-3-2-4-18(12-17)35-24-22(30)21-23(34-26(24)32)19-10-7-15(27)11-20(19)29(25(21)31)13-14-5-8-16(28)9-6-14/h2-12,30H,13H2,1H3. The molecule has 0 bridgehead atoms.